The first kappa shape index (κ1) is 10.3. The molecule has 0 fully saturated rings. The summed E-state index contributed by atoms with van der Waals surface area (Å²) in [6.07, 6.45) is -1.10. The van der Waals surface area contributed by atoms with E-state index in [0.29, 0.717) is 0 Å². The first-order chi connectivity index (χ1) is 4.95. The van der Waals surface area contributed by atoms with Gasteiger partial charge in [0.25, 0.3) is 0 Å². The summed E-state index contributed by atoms with van der Waals surface area (Å²) in [6, 6.07) is 0. The van der Waals surface area contributed by atoms with E-state index in [-0.39, 0.29) is 0 Å². The molecular formula is C6H10O4S. The lowest BCUT2D eigenvalue weighted by atomic mass is 10.4. The quantitative estimate of drug-likeness (QED) is 0.482. The summed E-state index contributed by atoms with van der Waals surface area (Å²) < 4.78 is 4.46. The van der Waals surface area contributed by atoms with E-state index in [4.69, 9.17) is 5.11 Å². The molecule has 0 aliphatic carbocycles. The number of rotatable bonds is 3. The molecule has 4 nitrogen and oxygen atoms in total. The summed E-state index contributed by atoms with van der Waals surface area (Å²) in [4.78, 5) is 20.9. The van der Waals surface area contributed by atoms with E-state index in [0.717, 1.165) is 0 Å². The van der Waals surface area contributed by atoms with Crippen molar-refractivity contribution in [1.82, 2.24) is 0 Å². The first-order valence-electron chi connectivity index (χ1n) is 3.06. The van der Waals surface area contributed by atoms with E-state index in [9.17, 15) is 9.59 Å². The number of carboxylic acid groups (broad SMARTS) is 1. The Morgan fingerprint density at radius 1 is 1.45 bits per heavy atom. The molecule has 1 N–H and O–H groups in total. The predicted octanol–water partition coefficient (Wildman–Crippen LogP) is 0.321. The Labute approximate surface area is 69.9 Å². The summed E-state index contributed by atoms with van der Waals surface area (Å²) in [5.41, 5.74) is 0. The molecule has 0 saturated carbocycles. The minimum atomic E-state index is -1.16. The van der Waals surface area contributed by atoms with E-state index in [1.807, 2.05) is 0 Å². The molecule has 0 aromatic heterocycles. The minimum Gasteiger partial charge on any atom is -0.479 e. The average Bonchev–Trinajstić information content (AvgIpc) is 1.87. The summed E-state index contributed by atoms with van der Waals surface area (Å²) in [7, 11) is 0. The third-order valence-electron chi connectivity index (χ3n) is 0.982. The summed E-state index contributed by atoms with van der Waals surface area (Å²) in [5.74, 6) is -1.78. The molecule has 0 aliphatic heterocycles. The highest BCUT2D eigenvalue weighted by atomic mass is 32.1. The number of carbonyl (C=O) groups is 2. The molecule has 0 aliphatic rings. The highest BCUT2D eigenvalue weighted by Crippen LogP contribution is 1.99. The van der Waals surface area contributed by atoms with Crippen LogP contribution in [0.4, 0.5) is 0 Å². The maximum absolute atomic E-state index is 10.7. The summed E-state index contributed by atoms with van der Waals surface area (Å²) in [5, 5.41) is 7.72. The van der Waals surface area contributed by atoms with Crippen LogP contribution in [0.25, 0.3) is 0 Å². The third kappa shape index (κ3) is 3.87. The Bertz CT molecular complexity index is 166. The second kappa shape index (κ2) is 4.23. The van der Waals surface area contributed by atoms with Gasteiger partial charge in [-0.15, -0.1) is 0 Å². The van der Waals surface area contributed by atoms with Crippen LogP contribution in [0.15, 0.2) is 0 Å². The van der Waals surface area contributed by atoms with E-state index >= 15 is 0 Å². The minimum absolute atomic E-state index is 0.586. The van der Waals surface area contributed by atoms with Crippen molar-refractivity contribution < 1.29 is 19.4 Å². The van der Waals surface area contributed by atoms with Gasteiger partial charge in [0.1, 0.15) is 0 Å². The van der Waals surface area contributed by atoms with Gasteiger partial charge in [0.05, 0.1) is 5.25 Å². The van der Waals surface area contributed by atoms with Gasteiger partial charge < -0.3 is 9.84 Å². The fraction of sp³-hybridized carbons (Fsp3) is 0.667. The second-order valence-electron chi connectivity index (χ2n) is 2.09. The number of ether oxygens (including phenoxy) is 1. The number of esters is 1. The van der Waals surface area contributed by atoms with Crippen LogP contribution >= 0.6 is 12.6 Å². The van der Waals surface area contributed by atoms with Crippen LogP contribution in [0.3, 0.4) is 0 Å². The van der Waals surface area contributed by atoms with E-state index in [2.05, 4.69) is 17.4 Å². The van der Waals surface area contributed by atoms with Gasteiger partial charge in [0.2, 0.25) is 0 Å². The monoisotopic (exact) mass is 178 g/mol. The number of aliphatic carboxylic acids is 1. The molecule has 0 radical (unpaired) electrons. The van der Waals surface area contributed by atoms with Crippen molar-refractivity contribution >= 4 is 24.6 Å². The summed E-state index contributed by atoms with van der Waals surface area (Å²) in [6.45, 7) is 2.80. The largest absolute Gasteiger partial charge is 0.479 e. The zero-order valence-corrected chi connectivity index (χ0v) is 7.17. The Kier molecular flexibility index (Phi) is 3.95. The SMILES string of the molecule is CC(S)C(=O)OC(C)C(=O)O. The van der Waals surface area contributed by atoms with Crippen LogP contribution in [-0.4, -0.2) is 28.4 Å². The van der Waals surface area contributed by atoms with Gasteiger partial charge in [-0.3, -0.25) is 4.79 Å². The molecule has 11 heavy (non-hydrogen) atoms. The molecule has 0 saturated heterocycles. The van der Waals surface area contributed by atoms with Crippen molar-refractivity contribution in [2.45, 2.75) is 25.2 Å². The van der Waals surface area contributed by atoms with Crippen LogP contribution in [0, 0.1) is 0 Å². The Morgan fingerprint density at radius 3 is 2.18 bits per heavy atom. The molecule has 0 aromatic carbocycles. The van der Waals surface area contributed by atoms with Crippen LogP contribution in [0.1, 0.15) is 13.8 Å². The van der Waals surface area contributed by atoms with Crippen molar-refractivity contribution in [3.05, 3.63) is 0 Å². The van der Waals surface area contributed by atoms with Gasteiger partial charge in [-0.1, -0.05) is 0 Å². The number of carboxylic acids is 1. The summed E-state index contributed by atoms with van der Waals surface area (Å²) >= 11 is 3.77. The van der Waals surface area contributed by atoms with Crippen molar-refractivity contribution in [3.63, 3.8) is 0 Å². The number of hydrogen-bond acceptors (Lipinski definition) is 4. The van der Waals surface area contributed by atoms with Gasteiger partial charge in [0, 0.05) is 0 Å². The Balaban J connectivity index is 3.85. The zero-order chi connectivity index (χ0) is 9.02. The average molecular weight is 178 g/mol. The molecule has 0 heterocycles. The second-order valence-corrected chi connectivity index (χ2v) is 2.87. The molecule has 0 bridgehead atoms. The van der Waals surface area contributed by atoms with E-state index < -0.39 is 23.3 Å². The highest BCUT2D eigenvalue weighted by Gasteiger charge is 2.18. The molecule has 0 amide bonds. The standard InChI is InChI=1S/C6H10O4S/c1-3(5(7)8)10-6(9)4(2)11/h3-4,11H,1-2H3,(H,7,8). The van der Waals surface area contributed by atoms with Gasteiger partial charge in [-0.25, -0.2) is 4.79 Å². The van der Waals surface area contributed by atoms with Crippen LogP contribution in [0.5, 0.6) is 0 Å². The molecular weight excluding hydrogens is 168 g/mol. The number of carbonyl (C=O) groups excluding carboxylic acids is 1. The maximum Gasteiger partial charge on any atom is 0.344 e. The normalized spacial score (nSPS) is 15.2. The van der Waals surface area contributed by atoms with Gasteiger partial charge in [-0.05, 0) is 13.8 Å². The predicted molar refractivity (Wildman–Crippen MR) is 41.6 cm³/mol. The topological polar surface area (TPSA) is 63.6 Å². The van der Waals surface area contributed by atoms with Gasteiger partial charge in [-0.2, -0.15) is 12.6 Å². The van der Waals surface area contributed by atoms with Crippen LogP contribution < -0.4 is 0 Å². The molecule has 5 heteroatoms. The highest BCUT2D eigenvalue weighted by molar-refractivity contribution is 7.81. The van der Waals surface area contributed by atoms with Crippen molar-refractivity contribution in [3.8, 4) is 0 Å². The molecule has 64 valence electrons. The number of hydrogen-bond donors (Lipinski definition) is 2. The van der Waals surface area contributed by atoms with Crippen LogP contribution in [0.2, 0.25) is 0 Å². The van der Waals surface area contributed by atoms with Crippen LogP contribution in [-0.2, 0) is 14.3 Å². The lowest BCUT2D eigenvalue weighted by molar-refractivity contribution is -0.162. The fourth-order valence-corrected chi connectivity index (χ4v) is 0.384. The zero-order valence-electron chi connectivity index (χ0n) is 6.27. The molecule has 2 atom stereocenters. The molecule has 2 unspecified atom stereocenters. The van der Waals surface area contributed by atoms with Gasteiger partial charge in [0.15, 0.2) is 6.10 Å². The lowest BCUT2D eigenvalue weighted by Gasteiger charge is -2.09. The van der Waals surface area contributed by atoms with Gasteiger partial charge >= 0.3 is 11.9 Å². The smallest absolute Gasteiger partial charge is 0.344 e. The first-order valence-corrected chi connectivity index (χ1v) is 3.58. The molecule has 0 rings (SSSR count). The molecule has 0 aromatic rings. The lowest BCUT2D eigenvalue weighted by Crippen LogP contribution is -2.27. The third-order valence-corrected chi connectivity index (χ3v) is 1.19. The van der Waals surface area contributed by atoms with Crippen molar-refractivity contribution in [1.29, 1.82) is 0 Å². The Morgan fingerprint density at radius 2 is 1.91 bits per heavy atom. The number of thiol groups is 1. The van der Waals surface area contributed by atoms with Crippen molar-refractivity contribution in [2.75, 3.05) is 0 Å². The molecule has 0 spiro atoms. The maximum atomic E-state index is 10.7. The fourth-order valence-electron chi connectivity index (χ4n) is 0.323. The Hall–Kier alpha value is -0.710. The van der Waals surface area contributed by atoms with Crippen molar-refractivity contribution in [2.24, 2.45) is 0 Å². The van der Waals surface area contributed by atoms with E-state index in [1.165, 1.54) is 13.8 Å². The van der Waals surface area contributed by atoms with E-state index in [1.54, 1.807) is 0 Å².